The summed E-state index contributed by atoms with van der Waals surface area (Å²) in [7, 11) is 0. The Morgan fingerprint density at radius 1 is 0.970 bits per heavy atom. The van der Waals surface area contributed by atoms with Crippen LogP contribution in [0.5, 0.6) is 0 Å². The van der Waals surface area contributed by atoms with Crippen LogP contribution >= 0.6 is 11.6 Å². The standard InChI is InChI=1S/C23H24ClF2N7/c24-20-11-16(6-7-27-20)31-12-14-2-3-15(13-31)21(14)28-22-29-23-32(8-1-9-33(23)30-22)17-4-5-18(25)19(26)10-17/h4-7,10-11,14-15,21H,1-3,8-9,12-13H2,(H,28,30)/t14-,15+,21-. The maximum atomic E-state index is 13.8. The molecule has 1 N–H and O–H groups in total. The van der Waals surface area contributed by atoms with Crippen LogP contribution in [0.25, 0.3) is 0 Å². The zero-order chi connectivity index (χ0) is 22.5. The molecule has 2 aromatic heterocycles. The first-order valence-electron chi connectivity index (χ1n) is 11.4. The van der Waals surface area contributed by atoms with Crippen LogP contribution < -0.4 is 15.1 Å². The van der Waals surface area contributed by atoms with Crippen LogP contribution in [0.3, 0.4) is 0 Å². The molecule has 33 heavy (non-hydrogen) atoms. The molecule has 3 aromatic rings. The first kappa shape index (κ1) is 20.7. The normalized spacial score (nSPS) is 24.2. The molecule has 7 nitrogen and oxygen atoms in total. The first-order valence-corrected chi connectivity index (χ1v) is 11.7. The van der Waals surface area contributed by atoms with Gasteiger partial charge in [-0.25, -0.2) is 18.4 Å². The Morgan fingerprint density at radius 3 is 2.55 bits per heavy atom. The average Bonchev–Trinajstić information content (AvgIpc) is 3.31. The van der Waals surface area contributed by atoms with Gasteiger partial charge < -0.3 is 15.1 Å². The topological polar surface area (TPSA) is 62.1 Å². The molecule has 0 radical (unpaired) electrons. The maximum absolute atomic E-state index is 13.8. The number of fused-ring (bicyclic) bond motifs is 3. The number of pyridine rings is 1. The Kier molecular flexibility index (Phi) is 5.09. The van der Waals surface area contributed by atoms with Gasteiger partial charge in [0.05, 0.1) is 0 Å². The largest absolute Gasteiger partial charge is 0.371 e. The Hall–Kier alpha value is -2.94. The van der Waals surface area contributed by atoms with Crippen LogP contribution in [-0.4, -0.2) is 45.4 Å². The fourth-order valence-electron chi connectivity index (χ4n) is 5.53. The number of hydrogen-bond acceptors (Lipinski definition) is 6. The number of aryl methyl sites for hydroxylation is 1. The lowest BCUT2D eigenvalue weighted by Crippen LogP contribution is -2.48. The molecule has 1 saturated carbocycles. The van der Waals surface area contributed by atoms with Crippen LogP contribution in [-0.2, 0) is 6.54 Å². The van der Waals surface area contributed by atoms with Crippen molar-refractivity contribution in [1.82, 2.24) is 19.7 Å². The first-order chi connectivity index (χ1) is 16.0. The zero-order valence-corrected chi connectivity index (χ0v) is 18.7. The van der Waals surface area contributed by atoms with Crippen molar-refractivity contribution in [2.75, 3.05) is 34.8 Å². The van der Waals surface area contributed by atoms with E-state index in [1.165, 1.54) is 6.07 Å². The minimum atomic E-state index is -0.860. The monoisotopic (exact) mass is 471 g/mol. The molecule has 1 aliphatic carbocycles. The molecule has 1 saturated heterocycles. The number of anilines is 4. The second-order valence-electron chi connectivity index (χ2n) is 9.07. The van der Waals surface area contributed by atoms with Gasteiger partial charge in [0.15, 0.2) is 11.6 Å². The Balaban J connectivity index is 1.21. The van der Waals surface area contributed by atoms with E-state index in [0.29, 0.717) is 47.2 Å². The van der Waals surface area contributed by atoms with E-state index in [-0.39, 0.29) is 0 Å². The van der Waals surface area contributed by atoms with Crippen molar-refractivity contribution in [3.8, 4) is 0 Å². The highest BCUT2D eigenvalue weighted by molar-refractivity contribution is 6.29. The lowest BCUT2D eigenvalue weighted by Gasteiger charge is -2.39. The van der Waals surface area contributed by atoms with Gasteiger partial charge in [-0.2, -0.15) is 4.98 Å². The third-order valence-electron chi connectivity index (χ3n) is 7.06. The van der Waals surface area contributed by atoms with Crippen LogP contribution in [0.4, 0.5) is 32.1 Å². The predicted molar refractivity (Wildman–Crippen MR) is 123 cm³/mol. The van der Waals surface area contributed by atoms with Crippen LogP contribution in [0, 0.1) is 23.5 Å². The van der Waals surface area contributed by atoms with Gasteiger partial charge in [0.2, 0.25) is 11.9 Å². The maximum Gasteiger partial charge on any atom is 0.244 e. The van der Waals surface area contributed by atoms with E-state index in [4.69, 9.17) is 21.7 Å². The summed E-state index contributed by atoms with van der Waals surface area (Å²) >= 11 is 6.10. The molecule has 172 valence electrons. The van der Waals surface area contributed by atoms with Crippen molar-refractivity contribution >= 4 is 34.9 Å². The van der Waals surface area contributed by atoms with Gasteiger partial charge in [0.25, 0.3) is 0 Å². The summed E-state index contributed by atoms with van der Waals surface area (Å²) < 4.78 is 29.1. The summed E-state index contributed by atoms with van der Waals surface area (Å²) in [6, 6.07) is 8.19. The van der Waals surface area contributed by atoms with Gasteiger partial charge in [-0.15, -0.1) is 5.10 Å². The average molecular weight is 472 g/mol. The minimum Gasteiger partial charge on any atom is -0.371 e. The number of halogens is 3. The van der Waals surface area contributed by atoms with E-state index in [1.807, 2.05) is 21.7 Å². The molecule has 2 aliphatic heterocycles. The van der Waals surface area contributed by atoms with Gasteiger partial charge in [-0.3, -0.25) is 0 Å². The van der Waals surface area contributed by atoms with Crippen molar-refractivity contribution in [3.63, 3.8) is 0 Å². The van der Waals surface area contributed by atoms with Gasteiger partial charge >= 0.3 is 0 Å². The minimum absolute atomic E-state index is 0.305. The molecule has 3 aliphatic rings. The summed E-state index contributed by atoms with van der Waals surface area (Å²) in [6.07, 6.45) is 4.92. The van der Waals surface area contributed by atoms with Crippen molar-refractivity contribution in [2.24, 2.45) is 11.8 Å². The van der Waals surface area contributed by atoms with Gasteiger partial charge in [0, 0.05) is 55.9 Å². The molecule has 0 unspecified atom stereocenters. The van der Waals surface area contributed by atoms with Crippen molar-refractivity contribution in [2.45, 2.75) is 31.8 Å². The molecule has 4 heterocycles. The highest BCUT2D eigenvalue weighted by Gasteiger charge is 2.43. The van der Waals surface area contributed by atoms with Crippen molar-refractivity contribution in [3.05, 3.63) is 53.3 Å². The SMILES string of the molecule is Fc1ccc(N2CCCn3nc(N[C@@H]4[C@@H]5CC[C@H]4CN(c4ccnc(Cl)c4)C5)nc32)cc1F. The highest BCUT2D eigenvalue weighted by atomic mass is 35.5. The third-order valence-corrected chi connectivity index (χ3v) is 7.27. The van der Waals surface area contributed by atoms with Gasteiger partial charge in [-0.05, 0) is 55.4 Å². The zero-order valence-electron chi connectivity index (χ0n) is 18.0. The van der Waals surface area contributed by atoms with E-state index in [2.05, 4.69) is 15.2 Å². The van der Waals surface area contributed by atoms with Crippen LogP contribution in [0.15, 0.2) is 36.5 Å². The van der Waals surface area contributed by atoms with Gasteiger partial charge in [-0.1, -0.05) is 11.6 Å². The number of nitrogens with zero attached hydrogens (tertiary/aromatic N) is 6. The van der Waals surface area contributed by atoms with E-state index >= 15 is 0 Å². The fourth-order valence-corrected chi connectivity index (χ4v) is 5.70. The number of rotatable bonds is 4. The molecule has 0 spiro atoms. The molecule has 0 amide bonds. The lowest BCUT2D eigenvalue weighted by molar-refractivity contribution is 0.376. The smallest absolute Gasteiger partial charge is 0.244 e. The van der Waals surface area contributed by atoms with Crippen molar-refractivity contribution in [1.29, 1.82) is 0 Å². The molecule has 2 bridgehead atoms. The second kappa shape index (κ2) is 8.13. The Bertz CT molecular complexity index is 1170. The van der Waals surface area contributed by atoms with Crippen LogP contribution in [0.2, 0.25) is 5.15 Å². The summed E-state index contributed by atoms with van der Waals surface area (Å²) in [6.45, 7) is 3.33. The highest BCUT2D eigenvalue weighted by Crippen LogP contribution is 2.40. The summed E-state index contributed by atoms with van der Waals surface area (Å²) in [5.41, 5.74) is 1.70. The molecule has 1 aromatic carbocycles. The van der Waals surface area contributed by atoms with E-state index in [9.17, 15) is 8.78 Å². The molecule has 2 fully saturated rings. The third kappa shape index (κ3) is 3.78. The van der Waals surface area contributed by atoms with E-state index in [0.717, 1.165) is 50.7 Å². The summed E-state index contributed by atoms with van der Waals surface area (Å²) in [5.74, 6) is 0.515. The number of hydrogen-bond donors (Lipinski definition) is 1. The van der Waals surface area contributed by atoms with E-state index < -0.39 is 11.6 Å². The number of piperidine rings is 1. The number of aromatic nitrogens is 4. The van der Waals surface area contributed by atoms with Crippen LogP contribution in [0.1, 0.15) is 19.3 Å². The fraction of sp³-hybridized carbons (Fsp3) is 0.435. The second-order valence-corrected chi connectivity index (χ2v) is 9.46. The van der Waals surface area contributed by atoms with Gasteiger partial charge in [0.1, 0.15) is 5.15 Å². The number of benzene rings is 1. The molecule has 10 heteroatoms. The summed E-state index contributed by atoms with van der Waals surface area (Å²) in [4.78, 5) is 13.1. The predicted octanol–water partition coefficient (Wildman–Crippen LogP) is 4.47. The lowest BCUT2D eigenvalue weighted by atomic mass is 9.92. The molecule has 6 rings (SSSR count). The quantitative estimate of drug-likeness (QED) is 0.566. The van der Waals surface area contributed by atoms with Crippen molar-refractivity contribution < 1.29 is 8.78 Å². The Labute approximate surface area is 195 Å². The molecular weight excluding hydrogens is 448 g/mol. The van der Waals surface area contributed by atoms with E-state index in [1.54, 1.807) is 12.3 Å². The summed E-state index contributed by atoms with van der Waals surface area (Å²) in [5, 5.41) is 8.81. The Morgan fingerprint density at radius 2 is 1.79 bits per heavy atom. The molecule has 3 atom stereocenters. The molecular formula is C23H24ClF2N7. The number of nitrogens with one attached hydrogen (secondary N) is 1.